The van der Waals surface area contributed by atoms with E-state index in [9.17, 15) is 9.59 Å². The first-order chi connectivity index (χ1) is 14.1. The molecule has 0 N–H and O–H groups in total. The van der Waals surface area contributed by atoms with Crippen LogP contribution in [-0.2, 0) is 9.53 Å². The second-order valence-electron chi connectivity index (χ2n) is 6.39. The van der Waals surface area contributed by atoms with E-state index in [1.807, 2.05) is 66.9 Å². The molecule has 5 nitrogen and oxygen atoms in total. The highest BCUT2D eigenvalue weighted by molar-refractivity contribution is 7.12. The van der Waals surface area contributed by atoms with E-state index in [0.717, 1.165) is 16.7 Å². The van der Waals surface area contributed by atoms with Crippen LogP contribution in [0.25, 0.3) is 11.1 Å². The SMILES string of the molecule is Cc1ccc(-c2ccsc2C(=O)OCC(=O)N(CCC#N)c2ccccc2)cc1. The van der Waals surface area contributed by atoms with E-state index in [4.69, 9.17) is 10.00 Å². The molecule has 1 aromatic heterocycles. The molecule has 1 amide bonds. The van der Waals surface area contributed by atoms with Crippen LogP contribution in [0.5, 0.6) is 0 Å². The molecule has 0 radical (unpaired) electrons. The Bertz CT molecular complexity index is 1020. The van der Waals surface area contributed by atoms with Crippen molar-refractivity contribution in [2.75, 3.05) is 18.1 Å². The molecule has 0 saturated heterocycles. The summed E-state index contributed by atoms with van der Waals surface area (Å²) >= 11 is 1.28. The third kappa shape index (κ3) is 5.09. The van der Waals surface area contributed by atoms with Gasteiger partial charge in [-0.15, -0.1) is 11.3 Å². The highest BCUT2D eigenvalue weighted by Crippen LogP contribution is 2.29. The fourth-order valence-electron chi connectivity index (χ4n) is 2.87. The van der Waals surface area contributed by atoms with Gasteiger partial charge < -0.3 is 9.64 Å². The summed E-state index contributed by atoms with van der Waals surface area (Å²) in [4.78, 5) is 27.2. The van der Waals surface area contributed by atoms with E-state index in [-0.39, 0.29) is 25.5 Å². The Kier molecular flexibility index (Phi) is 6.77. The lowest BCUT2D eigenvalue weighted by Gasteiger charge is -2.21. The maximum atomic E-state index is 12.7. The highest BCUT2D eigenvalue weighted by Gasteiger charge is 2.20. The molecular weight excluding hydrogens is 384 g/mol. The number of anilines is 1. The Morgan fingerprint density at radius 2 is 1.79 bits per heavy atom. The average Bonchev–Trinajstić information content (AvgIpc) is 3.23. The van der Waals surface area contributed by atoms with E-state index >= 15 is 0 Å². The Morgan fingerprint density at radius 3 is 2.48 bits per heavy atom. The lowest BCUT2D eigenvalue weighted by atomic mass is 10.1. The number of benzene rings is 2. The summed E-state index contributed by atoms with van der Waals surface area (Å²) in [6, 6.07) is 20.8. The third-order valence-corrected chi connectivity index (χ3v) is 5.25. The van der Waals surface area contributed by atoms with Crippen LogP contribution in [0.4, 0.5) is 5.69 Å². The number of aryl methyl sites for hydroxylation is 1. The lowest BCUT2D eigenvalue weighted by Crippen LogP contribution is -2.35. The summed E-state index contributed by atoms with van der Waals surface area (Å²) in [7, 11) is 0. The maximum absolute atomic E-state index is 12.7. The van der Waals surface area contributed by atoms with E-state index in [0.29, 0.717) is 10.6 Å². The summed E-state index contributed by atoms with van der Waals surface area (Å²) < 4.78 is 5.31. The van der Waals surface area contributed by atoms with E-state index in [1.54, 1.807) is 12.1 Å². The normalized spacial score (nSPS) is 10.2. The van der Waals surface area contributed by atoms with Crippen molar-refractivity contribution in [2.45, 2.75) is 13.3 Å². The number of hydrogen-bond acceptors (Lipinski definition) is 5. The van der Waals surface area contributed by atoms with Crippen molar-refractivity contribution in [3.05, 3.63) is 76.5 Å². The van der Waals surface area contributed by atoms with Gasteiger partial charge in [0.15, 0.2) is 6.61 Å². The molecule has 3 aromatic rings. The van der Waals surface area contributed by atoms with Crippen molar-refractivity contribution >= 4 is 28.9 Å². The van der Waals surface area contributed by atoms with Crippen LogP contribution in [0.3, 0.4) is 0 Å². The predicted molar refractivity (Wildman–Crippen MR) is 114 cm³/mol. The zero-order valence-electron chi connectivity index (χ0n) is 16.0. The molecule has 0 unspecified atom stereocenters. The maximum Gasteiger partial charge on any atom is 0.349 e. The van der Waals surface area contributed by atoms with Crippen molar-refractivity contribution in [2.24, 2.45) is 0 Å². The molecule has 0 spiro atoms. The summed E-state index contributed by atoms with van der Waals surface area (Å²) in [5.41, 5.74) is 3.52. The van der Waals surface area contributed by atoms with Crippen LogP contribution in [0, 0.1) is 18.3 Å². The largest absolute Gasteiger partial charge is 0.451 e. The van der Waals surface area contributed by atoms with Crippen LogP contribution in [0.15, 0.2) is 66.0 Å². The van der Waals surface area contributed by atoms with Crippen LogP contribution < -0.4 is 4.90 Å². The molecule has 146 valence electrons. The van der Waals surface area contributed by atoms with Gasteiger partial charge in [0.25, 0.3) is 5.91 Å². The molecular formula is C23H20N2O3S. The van der Waals surface area contributed by atoms with Gasteiger partial charge in [-0.05, 0) is 36.1 Å². The first-order valence-electron chi connectivity index (χ1n) is 9.14. The fourth-order valence-corrected chi connectivity index (χ4v) is 3.67. The number of amides is 1. The number of ether oxygens (including phenoxy) is 1. The second-order valence-corrected chi connectivity index (χ2v) is 7.31. The third-order valence-electron chi connectivity index (χ3n) is 4.36. The number of nitriles is 1. The number of carbonyl (C=O) groups excluding carboxylic acids is 2. The number of para-hydroxylation sites is 1. The van der Waals surface area contributed by atoms with E-state index < -0.39 is 5.97 Å². The summed E-state index contributed by atoms with van der Waals surface area (Å²) in [6.45, 7) is 1.86. The molecule has 6 heteroatoms. The molecule has 29 heavy (non-hydrogen) atoms. The van der Waals surface area contributed by atoms with Crippen LogP contribution in [0.2, 0.25) is 0 Å². The number of carbonyl (C=O) groups is 2. The van der Waals surface area contributed by atoms with E-state index in [1.165, 1.54) is 16.2 Å². The van der Waals surface area contributed by atoms with Crippen LogP contribution in [0.1, 0.15) is 21.7 Å². The molecule has 0 aliphatic heterocycles. The fraction of sp³-hybridized carbons (Fsp3) is 0.174. The molecule has 2 aromatic carbocycles. The van der Waals surface area contributed by atoms with Gasteiger partial charge in [0.1, 0.15) is 4.88 Å². The Labute approximate surface area is 173 Å². The molecule has 3 rings (SSSR count). The highest BCUT2D eigenvalue weighted by atomic mass is 32.1. The smallest absolute Gasteiger partial charge is 0.349 e. The molecule has 0 fully saturated rings. The van der Waals surface area contributed by atoms with Gasteiger partial charge >= 0.3 is 5.97 Å². The number of thiophene rings is 1. The van der Waals surface area contributed by atoms with Crippen molar-refractivity contribution in [1.82, 2.24) is 0 Å². The number of nitrogens with zero attached hydrogens (tertiary/aromatic N) is 2. The number of esters is 1. The predicted octanol–water partition coefficient (Wildman–Crippen LogP) is 4.83. The number of rotatable bonds is 7. The van der Waals surface area contributed by atoms with Gasteiger partial charge in [-0.2, -0.15) is 5.26 Å². The molecule has 1 heterocycles. The van der Waals surface area contributed by atoms with Crippen LogP contribution >= 0.6 is 11.3 Å². The van der Waals surface area contributed by atoms with Gasteiger partial charge in [0, 0.05) is 17.8 Å². The summed E-state index contributed by atoms with van der Waals surface area (Å²) in [5, 5.41) is 10.7. The molecule has 0 aliphatic rings. The van der Waals surface area contributed by atoms with Crippen molar-refractivity contribution in [3.63, 3.8) is 0 Å². The van der Waals surface area contributed by atoms with Crippen molar-refractivity contribution in [1.29, 1.82) is 5.26 Å². The van der Waals surface area contributed by atoms with Gasteiger partial charge in [-0.3, -0.25) is 4.79 Å². The molecule has 0 bridgehead atoms. The quantitative estimate of drug-likeness (QED) is 0.529. The number of hydrogen-bond donors (Lipinski definition) is 0. The Balaban J connectivity index is 1.70. The van der Waals surface area contributed by atoms with Gasteiger partial charge in [-0.25, -0.2) is 4.79 Å². The zero-order chi connectivity index (χ0) is 20.6. The van der Waals surface area contributed by atoms with E-state index in [2.05, 4.69) is 0 Å². The summed E-state index contributed by atoms with van der Waals surface area (Å²) in [5.74, 6) is -0.898. The zero-order valence-corrected chi connectivity index (χ0v) is 16.8. The van der Waals surface area contributed by atoms with Crippen LogP contribution in [-0.4, -0.2) is 25.0 Å². The van der Waals surface area contributed by atoms with Gasteiger partial charge in [0.2, 0.25) is 0 Å². The van der Waals surface area contributed by atoms with Gasteiger partial charge in [0.05, 0.1) is 12.5 Å². The Hall–Kier alpha value is -3.43. The second kappa shape index (κ2) is 9.67. The molecule has 0 aliphatic carbocycles. The first kappa shape index (κ1) is 20.3. The van der Waals surface area contributed by atoms with Crippen molar-refractivity contribution < 1.29 is 14.3 Å². The minimum absolute atomic E-state index is 0.192. The minimum Gasteiger partial charge on any atom is -0.451 e. The molecule has 0 saturated carbocycles. The Morgan fingerprint density at radius 1 is 1.07 bits per heavy atom. The monoisotopic (exact) mass is 404 g/mol. The first-order valence-corrected chi connectivity index (χ1v) is 10.0. The lowest BCUT2D eigenvalue weighted by molar-refractivity contribution is -0.121. The van der Waals surface area contributed by atoms with Gasteiger partial charge in [-0.1, -0.05) is 48.0 Å². The minimum atomic E-state index is -0.530. The van der Waals surface area contributed by atoms with Crippen molar-refractivity contribution in [3.8, 4) is 17.2 Å². The summed E-state index contributed by atoms with van der Waals surface area (Å²) in [6.07, 6.45) is 0.192. The standard InChI is InChI=1S/C23H20N2O3S/c1-17-8-10-18(11-9-17)20-12-15-29-22(20)23(27)28-16-21(26)25(14-5-13-24)19-6-3-2-4-7-19/h2-4,6-12,15H,5,14,16H2,1H3. The topological polar surface area (TPSA) is 70.4 Å². The molecule has 0 atom stereocenters. The average molecular weight is 404 g/mol.